The monoisotopic (exact) mass is 546 g/mol. The van der Waals surface area contributed by atoms with Crippen LogP contribution in [0.2, 0.25) is 0 Å². The zero-order chi connectivity index (χ0) is 26.2. The summed E-state index contributed by atoms with van der Waals surface area (Å²) in [5, 5.41) is 4.27. The van der Waals surface area contributed by atoms with E-state index in [1.165, 1.54) is 12.5 Å². The molecule has 0 unspecified atom stereocenters. The molecule has 37 heavy (non-hydrogen) atoms. The molecule has 2 aliphatic rings. The summed E-state index contributed by atoms with van der Waals surface area (Å²) >= 11 is 0. The average molecular weight is 547 g/mol. The second-order valence-corrected chi connectivity index (χ2v) is 14.3. The van der Waals surface area contributed by atoms with Crippen LogP contribution in [-0.2, 0) is 19.9 Å². The summed E-state index contributed by atoms with van der Waals surface area (Å²) in [6.45, 7) is 1.43. The first kappa shape index (κ1) is 25.9. The number of hydrogen-bond acceptors (Lipinski definition) is 8. The summed E-state index contributed by atoms with van der Waals surface area (Å²) in [4.78, 5) is 11.5. The summed E-state index contributed by atoms with van der Waals surface area (Å²) in [6, 6.07) is 10.3. The zero-order valence-corrected chi connectivity index (χ0v) is 22.8. The van der Waals surface area contributed by atoms with Crippen molar-refractivity contribution in [3.63, 3.8) is 0 Å². The first-order valence-electron chi connectivity index (χ1n) is 12.7. The number of fused-ring (bicyclic) bond motifs is 1. The first-order chi connectivity index (χ1) is 17.6. The fraction of sp³-hybridized carbons (Fsp3) is 0.520. The highest BCUT2D eigenvalue weighted by Crippen LogP contribution is 2.32. The van der Waals surface area contributed by atoms with E-state index in [1.54, 1.807) is 6.20 Å². The lowest BCUT2D eigenvalue weighted by Crippen LogP contribution is -2.39. The Morgan fingerprint density at radius 3 is 2.27 bits per heavy atom. The van der Waals surface area contributed by atoms with E-state index in [9.17, 15) is 16.8 Å². The Hall–Kier alpha value is -2.70. The highest BCUT2D eigenvalue weighted by Gasteiger charge is 2.28. The molecular formula is C25H34N6O4S2. The van der Waals surface area contributed by atoms with Gasteiger partial charge in [0.2, 0.25) is 16.0 Å². The number of anilines is 2. The molecule has 1 saturated carbocycles. The molecule has 1 aliphatic heterocycles. The number of aromatic nitrogens is 3. The molecule has 2 N–H and O–H groups in total. The predicted molar refractivity (Wildman–Crippen MR) is 147 cm³/mol. The molecule has 5 rings (SSSR count). The Morgan fingerprint density at radius 2 is 1.59 bits per heavy atom. The highest BCUT2D eigenvalue weighted by atomic mass is 32.2. The molecule has 0 bridgehead atoms. The van der Waals surface area contributed by atoms with Crippen molar-refractivity contribution in [2.45, 2.75) is 55.9 Å². The fourth-order valence-corrected chi connectivity index (χ4v) is 7.45. The van der Waals surface area contributed by atoms with Gasteiger partial charge in [0.15, 0.2) is 0 Å². The molecule has 0 atom stereocenters. The van der Waals surface area contributed by atoms with Gasteiger partial charge in [0.25, 0.3) is 0 Å². The van der Waals surface area contributed by atoms with Crippen LogP contribution in [0.5, 0.6) is 0 Å². The van der Waals surface area contributed by atoms with Crippen molar-refractivity contribution in [3.8, 4) is 5.82 Å². The Kier molecular flexibility index (Phi) is 7.16. The smallest absolute Gasteiger partial charge is 0.224 e. The molecule has 0 amide bonds. The van der Waals surface area contributed by atoms with Gasteiger partial charge in [0.1, 0.15) is 15.7 Å². The number of sulfonamides is 1. The van der Waals surface area contributed by atoms with Gasteiger partial charge in [-0.1, -0.05) is 6.07 Å². The number of nitrogens with one attached hydrogen (secondary N) is 2. The van der Waals surface area contributed by atoms with Crippen LogP contribution < -0.4 is 14.9 Å². The van der Waals surface area contributed by atoms with E-state index in [2.05, 4.69) is 38.1 Å². The molecule has 12 heteroatoms. The van der Waals surface area contributed by atoms with Crippen molar-refractivity contribution in [2.24, 2.45) is 0 Å². The Labute approximate surface area is 218 Å². The predicted octanol–water partition coefficient (Wildman–Crippen LogP) is 2.71. The second-order valence-electron chi connectivity index (χ2n) is 10.2. The molecule has 2 fully saturated rings. The van der Waals surface area contributed by atoms with Gasteiger partial charge >= 0.3 is 0 Å². The lowest BCUT2D eigenvalue weighted by Gasteiger charge is -2.33. The first-order valence-corrected chi connectivity index (χ1v) is 16.5. The van der Waals surface area contributed by atoms with Crippen LogP contribution in [-0.4, -0.2) is 74.3 Å². The molecule has 1 saturated heterocycles. The maximum atomic E-state index is 12.0. The van der Waals surface area contributed by atoms with Crippen LogP contribution in [0.1, 0.15) is 38.5 Å². The second kappa shape index (κ2) is 10.2. The summed E-state index contributed by atoms with van der Waals surface area (Å²) in [5.41, 5.74) is 2.13. The molecule has 0 spiro atoms. The maximum Gasteiger partial charge on any atom is 0.224 e. The van der Waals surface area contributed by atoms with E-state index in [0.717, 1.165) is 48.1 Å². The minimum Gasteiger partial charge on any atom is -0.371 e. The van der Waals surface area contributed by atoms with Gasteiger partial charge in [-0.15, -0.1) is 0 Å². The molecular weight excluding hydrogens is 512 g/mol. The van der Waals surface area contributed by atoms with E-state index in [0.29, 0.717) is 31.9 Å². The lowest BCUT2D eigenvalue weighted by molar-refractivity contribution is 0.387. The molecule has 0 radical (unpaired) electrons. The van der Waals surface area contributed by atoms with Crippen LogP contribution >= 0.6 is 0 Å². The Balaban J connectivity index is 1.30. The minimum absolute atomic E-state index is 0.0158. The molecule has 2 aromatic heterocycles. The maximum absolute atomic E-state index is 12.0. The van der Waals surface area contributed by atoms with E-state index >= 15 is 0 Å². The van der Waals surface area contributed by atoms with Gasteiger partial charge in [0.05, 0.1) is 17.0 Å². The van der Waals surface area contributed by atoms with Crippen LogP contribution in [0.4, 0.5) is 11.6 Å². The number of piperidine rings is 1. The van der Waals surface area contributed by atoms with Crippen molar-refractivity contribution in [2.75, 3.05) is 35.8 Å². The SMILES string of the molecule is CS(=O)(=O)NC1CCC(Nc2nccc(-n3ccc4c(N5CCC(S(C)(=O)=O)CC5)cccc43)n2)CC1. The summed E-state index contributed by atoms with van der Waals surface area (Å²) in [7, 11) is -6.20. The van der Waals surface area contributed by atoms with Crippen LogP contribution in [0, 0.1) is 0 Å². The number of sulfone groups is 1. The standard InChI is InChI=1S/C25H34N6O4S2/c1-36(32,33)20-11-15-30(16-12-20)22-4-3-5-23-21(22)13-17-31(23)24-10-14-26-25(28-24)27-18-6-8-19(9-7-18)29-37(2,34)35/h3-5,10,13-14,17-20,29H,6-9,11-12,15-16H2,1-2H3,(H,26,27,28). The number of nitrogens with zero attached hydrogens (tertiary/aromatic N) is 4. The van der Waals surface area contributed by atoms with Crippen molar-refractivity contribution in [1.29, 1.82) is 0 Å². The Morgan fingerprint density at radius 1 is 0.892 bits per heavy atom. The molecule has 1 aromatic carbocycles. The topological polar surface area (TPSA) is 126 Å². The third-order valence-electron chi connectivity index (χ3n) is 7.43. The van der Waals surface area contributed by atoms with Crippen molar-refractivity contribution >= 4 is 42.4 Å². The summed E-state index contributed by atoms with van der Waals surface area (Å²) in [6.07, 6.45) is 10.8. The van der Waals surface area contributed by atoms with Gasteiger partial charge in [-0.3, -0.25) is 0 Å². The van der Waals surface area contributed by atoms with E-state index in [4.69, 9.17) is 4.98 Å². The third-order valence-corrected chi connectivity index (χ3v) is 9.87. The summed E-state index contributed by atoms with van der Waals surface area (Å²) in [5.74, 6) is 1.31. The zero-order valence-electron chi connectivity index (χ0n) is 21.2. The van der Waals surface area contributed by atoms with Crippen molar-refractivity contribution in [3.05, 3.63) is 42.7 Å². The van der Waals surface area contributed by atoms with Crippen LogP contribution in [0.3, 0.4) is 0 Å². The Bertz CT molecular complexity index is 1470. The summed E-state index contributed by atoms with van der Waals surface area (Å²) < 4.78 is 51.7. The molecule has 3 aromatic rings. The van der Waals surface area contributed by atoms with E-state index in [-0.39, 0.29) is 17.3 Å². The van der Waals surface area contributed by atoms with Gasteiger partial charge in [-0.2, -0.15) is 4.98 Å². The average Bonchev–Trinajstić information content (AvgIpc) is 3.29. The normalized spacial score (nSPS) is 21.8. The fourth-order valence-electron chi connectivity index (χ4n) is 5.55. The third kappa shape index (κ3) is 6.07. The van der Waals surface area contributed by atoms with Crippen molar-refractivity contribution < 1.29 is 16.8 Å². The van der Waals surface area contributed by atoms with Gasteiger partial charge < -0.3 is 14.8 Å². The van der Waals surface area contributed by atoms with E-state index < -0.39 is 19.9 Å². The van der Waals surface area contributed by atoms with Crippen molar-refractivity contribution in [1.82, 2.24) is 19.3 Å². The molecule has 3 heterocycles. The quantitative estimate of drug-likeness (QED) is 0.463. The van der Waals surface area contributed by atoms with Gasteiger partial charge in [-0.05, 0) is 62.8 Å². The van der Waals surface area contributed by atoms with Gasteiger partial charge in [0, 0.05) is 54.9 Å². The van der Waals surface area contributed by atoms with Crippen LogP contribution in [0.15, 0.2) is 42.7 Å². The minimum atomic E-state index is -3.19. The van der Waals surface area contributed by atoms with Gasteiger partial charge in [-0.25, -0.2) is 26.5 Å². The highest BCUT2D eigenvalue weighted by molar-refractivity contribution is 7.91. The van der Waals surface area contributed by atoms with Crippen LogP contribution in [0.25, 0.3) is 16.7 Å². The lowest BCUT2D eigenvalue weighted by atomic mass is 9.92. The molecule has 200 valence electrons. The molecule has 10 nitrogen and oxygen atoms in total. The van der Waals surface area contributed by atoms with E-state index in [1.807, 2.05) is 22.9 Å². The number of benzene rings is 1. The number of hydrogen-bond donors (Lipinski definition) is 2. The largest absolute Gasteiger partial charge is 0.371 e. The number of rotatable bonds is 7. The molecule has 1 aliphatic carbocycles.